The maximum Gasteiger partial charge on any atom is 0.317 e. The number of para-hydroxylation sites is 1. The van der Waals surface area contributed by atoms with Crippen molar-refractivity contribution in [1.82, 2.24) is 10.2 Å². The molecule has 0 aromatic heterocycles. The number of hydrogen-bond donors (Lipinski definition) is 2. The number of nitrogens with zero attached hydrogens (tertiary/aromatic N) is 1. The van der Waals surface area contributed by atoms with E-state index in [1.54, 1.807) is 4.90 Å². The summed E-state index contributed by atoms with van der Waals surface area (Å²) in [5.74, 6) is -0.333. The van der Waals surface area contributed by atoms with Crippen LogP contribution in [0.25, 0.3) is 0 Å². The SMILES string of the molecule is CC(CNC(=O)N1CCC(C(=O)O)CC1)Oc1ccccc1. The van der Waals surface area contributed by atoms with Crippen LogP contribution in [0.15, 0.2) is 30.3 Å². The van der Waals surface area contributed by atoms with E-state index in [0.717, 1.165) is 5.75 Å². The summed E-state index contributed by atoms with van der Waals surface area (Å²) in [6, 6.07) is 9.29. The maximum atomic E-state index is 12.0. The fourth-order valence-corrected chi connectivity index (χ4v) is 2.45. The molecule has 1 aliphatic heterocycles. The van der Waals surface area contributed by atoms with E-state index in [1.807, 2.05) is 37.3 Å². The van der Waals surface area contributed by atoms with Gasteiger partial charge in [-0.25, -0.2) is 4.79 Å². The Bertz CT molecular complexity index is 498. The number of ether oxygens (including phenoxy) is 1. The molecule has 0 radical (unpaired) electrons. The van der Waals surface area contributed by atoms with Gasteiger partial charge in [-0.3, -0.25) is 4.79 Å². The first kappa shape index (κ1) is 16.1. The second-order valence-electron chi connectivity index (χ2n) is 5.53. The minimum atomic E-state index is -0.773. The number of carboxylic acid groups (broad SMARTS) is 1. The molecule has 1 aromatic carbocycles. The van der Waals surface area contributed by atoms with Gasteiger partial charge in [0.25, 0.3) is 0 Å². The van der Waals surface area contributed by atoms with Crippen LogP contribution in [0.1, 0.15) is 19.8 Å². The van der Waals surface area contributed by atoms with Gasteiger partial charge in [0, 0.05) is 13.1 Å². The highest BCUT2D eigenvalue weighted by molar-refractivity contribution is 5.75. The van der Waals surface area contributed by atoms with Gasteiger partial charge in [0.2, 0.25) is 0 Å². The van der Waals surface area contributed by atoms with Crippen molar-refractivity contribution in [3.8, 4) is 5.75 Å². The minimum Gasteiger partial charge on any atom is -0.489 e. The van der Waals surface area contributed by atoms with E-state index in [0.29, 0.717) is 32.5 Å². The van der Waals surface area contributed by atoms with Crippen molar-refractivity contribution < 1.29 is 19.4 Å². The zero-order chi connectivity index (χ0) is 15.9. The van der Waals surface area contributed by atoms with Crippen LogP contribution in [0.2, 0.25) is 0 Å². The lowest BCUT2D eigenvalue weighted by Gasteiger charge is -2.30. The average Bonchev–Trinajstić information content (AvgIpc) is 2.53. The minimum absolute atomic E-state index is 0.136. The molecule has 0 saturated carbocycles. The molecule has 6 heteroatoms. The lowest BCUT2D eigenvalue weighted by atomic mass is 9.97. The summed E-state index contributed by atoms with van der Waals surface area (Å²) in [6.45, 7) is 3.27. The number of benzene rings is 1. The Kier molecular flexibility index (Phi) is 5.63. The van der Waals surface area contributed by atoms with Crippen LogP contribution >= 0.6 is 0 Å². The zero-order valence-electron chi connectivity index (χ0n) is 12.7. The van der Waals surface area contributed by atoms with Crippen molar-refractivity contribution in [2.75, 3.05) is 19.6 Å². The number of piperidine rings is 1. The molecular formula is C16H22N2O4. The summed E-state index contributed by atoms with van der Waals surface area (Å²) in [4.78, 5) is 24.6. The summed E-state index contributed by atoms with van der Waals surface area (Å²) >= 11 is 0. The molecular weight excluding hydrogens is 284 g/mol. The number of carbonyl (C=O) groups is 2. The van der Waals surface area contributed by atoms with Crippen molar-refractivity contribution >= 4 is 12.0 Å². The topological polar surface area (TPSA) is 78.9 Å². The summed E-state index contributed by atoms with van der Waals surface area (Å²) < 4.78 is 5.69. The van der Waals surface area contributed by atoms with Gasteiger partial charge in [-0.2, -0.15) is 0 Å². The van der Waals surface area contributed by atoms with E-state index in [9.17, 15) is 9.59 Å². The zero-order valence-corrected chi connectivity index (χ0v) is 12.7. The monoisotopic (exact) mass is 306 g/mol. The first-order valence-electron chi connectivity index (χ1n) is 7.53. The van der Waals surface area contributed by atoms with Crippen molar-refractivity contribution in [2.24, 2.45) is 5.92 Å². The van der Waals surface area contributed by atoms with Crippen molar-refractivity contribution in [1.29, 1.82) is 0 Å². The molecule has 1 heterocycles. The predicted molar refractivity (Wildman–Crippen MR) is 81.9 cm³/mol. The van der Waals surface area contributed by atoms with Crippen LogP contribution in [-0.2, 0) is 4.79 Å². The lowest BCUT2D eigenvalue weighted by molar-refractivity contribution is -0.143. The van der Waals surface area contributed by atoms with Crippen LogP contribution in [0, 0.1) is 5.92 Å². The van der Waals surface area contributed by atoms with Crippen molar-refractivity contribution in [3.63, 3.8) is 0 Å². The number of hydrogen-bond acceptors (Lipinski definition) is 3. The van der Waals surface area contributed by atoms with Crippen molar-refractivity contribution in [2.45, 2.75) is 25.9 Å². The molecule has 0 bridgehead atoms. The molecule has 0 aliphatic carbocycles. The number of aliphatic carboxylic acids is 1. The van der Waals surface area contributed by atoms with Gasteiger partial charge in [-0.05, 0) is 31.9 Å². The largest absolute Gasteiger partial charge is 0.489 e. The third-order valence-electron chi connectivity index (χ3n) is 3.75. The van der Waals surface area contributed by atoms with Gasteiger partial charge in [0.15, 0.2) is 0 Å². The number of urea groups is 1. The van der Waals surface area contributed by atoms with Crippen LogP contribution in [0.3, 0.4) is 0 Å². The van der Waals surface area contributed by atoms with Gasteiger partial charge in [-0.15, -0.1) is 0 Å². The van der Waals surface area contributed by atoms with Crippen LogP contribution in [-0.4, -0.2) is 47.7 Å². The summed E-state index contributed by atoms with van der Waals surface area (Å²) in [5.41, 5.74) is 0. The number of rotatable bonds is 5. The summed E-state index contributed by atoms with van der Waals surface area (Å²) in [5, 5.41) is 11.8. The molecule has 22 heavy (non-hydrogen) atoms. The second kappa shape index (κ2) is 7.68. The number of amides is 2. The van der Waals surface area contributed by atoms with Gasteiger partial charge >= 0.3 is 12.0 Å². The quantitative estimate of drug-likeness (QED) is 0.871. The Balaban J connectivity index is 1.70. The van der Waals surface area contributed by atoms with Crippen molar-refractivity contribution in [3.05, 3.63) is 30.3 Å². The van der Waals surface area contributed by atoms with Gasteiger partial charge in [0.1, 0.15) is 11.9 Å². The molecule has 1 saturated heterocycles. The third kappa shape index (κ3) is 4.65. The van der Waals surface area contributed by atoms with E-state index < -0.39 is 5.97 Å². The first-order chi connectivity index (χ1) is 10.6. The Labute approximate surface area is 130 Å². The van der Waals surface area contributed by atoms with E-state index >= 15 is 0 Å². The number of nitrogens with one attached hydrogen (secondary N) is 1. The summed E-state index contributed by atoms with van der Waals surface area (Å²) in [7, 11) is 0. The fraction of sp³-hybridized carbons (Fsp3) is 0.500. The highest BCUT2D eigenvalue weighted by atomic mass is 16.5. The normalized spacial score (nSPS) is 16.9. The molecule has 2 rings (SSSR count). The Hall–Kier alpha value is -2.24. The number of likely N-dealkylation sites (tertiary alicyclic amines) is 1. The molecule has 0 spiro atoms. The van der Waals surface area contributed by atoms with Gasteiger partial charge < -0.3 is 20.1 Å². The smallest absolute Gasteiger partial charge is 0.317 e. The van der Waals surface area contributed by atoms with Crippen LogP contribution in [0.5, 0.6) is 5.75 Å². The van der Waals surface area contributed by atoms with Gasteiger partial charge in [0.05, 0.1) is 12.5 Å². The van der Waals surface area contributed by atoms with E-state index in [-0.39, 0.29) is 18.1 Å². The average molecular weight is 306 g/mol. The Morgan fingerprint density at radius 1 is 1.32 bits per heavy atom. The summed E-state index contributed by atoms with van der Waals surface area (Å²) in [6.07, 6.45) is 0.889. The number of carbonyl (C=O) groups excluding carboxylic acids is 1. The van der Waals surface area contributed by atoms with E-state index in [4.69, 9.17) is 9.84 Å². The lowest BCUT2D eigenvalue weighted by Crippen LogP contribution is -2.47. The third-order valence-corrected chi connectivity index (χ3v) is 3.75. The standard InChI is InChI=1S/C16H22N2O4/c1-12(22-14-5-3-2-4-6-14)11-17-16(21)18-9-7-13(8-10-18)15(19)20/h2-6,12-13H,7-11H2,1H3,(H,17,21)(H,19,20). The predicted octanol–water partition coefficient (Wildman–Crippen LogP) is 1.96. The molecule has 2 amide bonds. The number of carboxylic acids is 1. The fourth-order valence-electron chi connectivity index (χ4n) is 2.45. The molecule has 1 fully saturated rings. The Morgan fingerprint density at radius 2 is 1.95 bits per heavy atom. The Morgan fingerprint density at radius 3 is 2.55 bits per heavy atom. The van der Waals surface area contributed by atoms with Gasteiger partial charge in [-0.1, -0.05) is 18.2 Å². The molecule has 2 N–H and O–H groups in total. The maximum absolute atomic E-state index is 12.0. The molecule has 120 valence electrons. The first-order valence-corrected chi connectivity index (χ1v) is 7.53. The highest BCUT2D eigenvalue weighted by Crippen LogP contribution is 2.17. The molecule has 1 unspecified atom stereocenters. The second-order valence-corrected chi connectivity index (χ2v) is 5.53. The van der Waals surface area contributed by atoms with Crippen LogP contribution < -0.4 is 10.1 Å². The molecule has 1 aromatic rings. The molecule has 6 nitrogen and oxygen atoms in total. The molecule has 1 atom stereocenters. The van der Waals surface area contributed by atoms with E-state index in [1.165, 1.54) is 0 Å². The molecule has 1 aliphatic rings. The highest BCUT2D eigenvalue weighted by Gasteiger charge is 2.26. The van der Waals surface area contributed by atoms with E-state index in [2.05, 4.69) is 5.32 Å². The van der Waals surface area contributed by atoms with Crippen LogP contribution in [0.4, 0.5) is 4.79 Å².